The van der Waals surface area contributed by atoms with Crippen molar-refractivity contribution < 1.29 is 14.6 Å². The predicted molar refractivity (Wildman–Crippen MR) is 113 cm³/mol. The molecule has 0 heterocycles. The molecule has 1 rings (SSSR count). The third kappa shape index (κ3) is 9.28. The quantitative estimate of drug-likeness (QED) is 0.376. The minimum Gasteiger partial charge on any atom is -0.508 e. The molecule has 148 valence electrons. The number of phenols is 1. The molecule has 0 fully saturated rings. The number of esters is 1. The standard InChI is InChI=1S/C24H34O3/c1-6-27-24(26)22-15-16-23(25)21(17-22)14-13-20(5)12-8-11-19(4)10-7-9-18(2)3/h9,11,13,15-17,25H,6-8,10,12,14H2,1-5H3/b19-11+,20-13+. The summed E-state index contributed by atoms with van der Waals surface area (Å²) in [6.45, 7) is 10.7. The summed E-state index contributed by atoms with van der Waals surface area (Å²) in [5.41, 5.74) is 5.31. The summed E-state index contributed by atoms with van der Waals surface area (Å²) in [5, 5.41) is 10.0. The zero-order valence-corrected chi connectivity index (χ0v) is 17.5. The van der Waals surface area contributed by atoms with Gasteiger partial charge in [-0.1, -0.05) is 34.9 Å². The summed E-state index contributed by atoms with van der Waals surface area (Å²) in [7, 11) is 0. The summed E-state index contributed by atoms with van der Waals surface area (Å²) in [6.07, 6.45) is 11.6. The lowest BCUT2D eigenvalue weighted by Crippen LogP contribution is -2.05. The minimum atomic E-state index is -0.354. The van der Waals surface area contributed by atoms with Gasteiger partial charge in [-0.2, -0.15) is 0 Å². The van der Waals surface area contributed by atoms with Gasteiger partial charge in [0.15, 0.2) is 0 Å². The molecular weight excluding hydrogens is 336 g/mol. The van der Waals surface area contributed by atoms with Crippen LogP contribution < -0.4 is 0 Å². The number of carbonyl (C=O) groups excluding carboxylic acids is 1. The Morgan fingerprint density at radius 2 is 1.63 bits per heavy atom. The molecule has 0 aliphatic carbocycles. The zero-order chi connectivity index (χ0) is 20.2. The van der Waals surface area contributed by atoms with E-state index < -0.39 is 0 Å². The van der Waals surface area contributed by atoms with E-state index in [1.807, 2.05) is 0 Å². The third-order valence-electron chi connectivity index (χ3n) is 4.38. The third-order valence-corrected chi connectivity index (χ3v) is 4.38. The van der Waals surface area contributed by atoms with Crippen molar-refractivity contribution >= 4 is 5.97 Å². The van der Waals surface area contributed by atoms with Crippen molar-refractivity contribution in [1.82, 2.24) is 0 Å². The number of rotatable bonds is 10. The van der Waals surface area contributed by atoms with Crippen LogP contribution in [0.3, 0.4) is 0 Å². The summed E-state index contributed by atoms with van der Waals surface area (Å²) in [4.78, 5) is 11.8. The first-order valence-corrected chi connectivity index (χ1v) is 9.77. The molecule has 0 aliphatic heterocycles. The number of hydrogen-bond acceptors (Lipinski definition) is 3. The second-order valence-corrected chi connectivity index (χ2v) is 7.23. The number of benzene rings is 1. The first-order chi connectivity index (χ1) is 12.8. The Hall–Kier alpha value is -2.29. The van der Waals surface area contributed by atoms with E-state index in [1.54, 1.807) is 25.1 Å². The second kappa shape index (κ2) is 12.2. The van der Waals surface area contributed by atoms with Crippen LogP contribution in [0.4, 0.5) is 0 Å². The van der Waals surface area contributed by atoms with Gasteiger partial charge in [0.2, 0.25) is 0 Å². The molecule has 0 spiro atoms. The molecule has 3 nitrogen and oxygen atoms in total. The van der Waals surface area contributed by atoms with Crippen LogP contribution in [0.5, 0.6) is 5.75 Å². The molecule has 0 aliphatic rings. The Kier molecular flexibility index (Phi) is 10.2. The highest BCUT2D eigenvalue weighted by atomic mass is 16.5. The smallest absolute Gasteiger partial charge is 0.338 e. The molecule has 0 radical (unpaired) electrons. The van der Waals surface area contributed by atoms with Crippen LogP contribution in [0.2, 0.25) is 0 Å². The van der Waals surface area contributed by atoms with Gasteiger partial charge in [0, 0.05) is 0 Å². The van der Waals surface area contributed by atoms with Gasteiger partial charge in [0.25, 0.3) is 0 Å². The van der Waals surface area contributed by atoms with Crippen LogP contribution in [0.15, 0.2) is 53.1 Å². The molecule has 0 saturated heterocycles. The number of phenolic OH excluding ortho intramolecular Hbond substituents is 1. The van der Waals surface area contributed by atoms with E-state index in [2.05, 4.69) is 45.9 Å². The molecule has 0 saturated carbocycles. The number of allylic oxidation sites excluding steroid dienone is 6. The summed E-state index contributed by atoms with van der Waals surface area (Å²) in [5.74, 6) is -0.143. The fraction of sp³-hybridized carbons (Fsp3) is 0.458. The van der Waals surface area contributed by atoms with E-state index >= 15 is 0 Å². The fourth-order valence-electron chi connectivity index (χ4n) is 2.71. The van der Waals surface area contributed by atoms with Gasteiger partial charge in [-0.3, -0.25) is 0 Å². The first kappa shape index (κ1) is 22.8. The Bertz CT molecular complexity index is 704. The molecule has 1 N–H and O–H groups in total. The van der Waals surface area contributed by atoms with Gasteiger partial charge in [0.05, 0.1) is 12.2 Å². The SMILES string of the molecule is CCOC(=O)c1ccc(O)c(C/C=C(\C)CC/C=C(\C)CCC=C(C)C)c1. The molecule has 1 aromatic carbocycles. The van der Waals surface area contributed by atoms with E-state index in [1.165, 1.54) is 16.7 Å². The van der Waals surface area contributed by atoms with Crippen LogP contribution in [0.1, 0.15) is 76.2 Å². The molecule has 0 atom stereocenters. The maximum Gasteiger partial charge on any atom is 0.338 e. The molecule has 27 heavy (non-hydrogen) atoms. The molecule has 0 unspecified atom stereocenters. The topological polar surface area (TPSA) is 46.5 Å². The monoisotopic (exact) mass is 370 g/mol. The lowest BCUT2D eigenvalue weighted by atomic mass is 10.0. The average molecular weight is 371 g/mol. The highest BCUT2D eigenvalue weighted by molar-refractivity contribution is 5.89. The number of carbonyl (C=O) groups is 1. The van der Waals surface area contributed by atoms with Crippen LogP contribution in [0.25, 0.3) is 0 Å². The van der Waals surface area contributed by atoms with E-state index in [0.717, 1.165) is 31.2 Å². The molecular formula is C24H34O3. The first-order valence-electron chi connectivity index (χ1n) is 9.77. The van der Waals surface area contributed by atoms with Crippen molar-refractivity contribution in [2.45, 2.75) is 66.7 Å². The van der Waals surface area contributed by atoms with Gasteiger partial charge in [-0.15, -0.1) is 0 Å². The summed E-state index contributed by atoms with van der Waals surface area (Å²) in [6, 6.07) is 4.86. The van der Waals surface area contributed by atoms with E-state index in [4.69, 9.17) is 4.74 Å². The Morgan fingerprint density at radius 3 is 2.26 bits per heavy atom. The van der Waals surface area contributed by atoms with E-state index in [9.17, 15) is 9.90 Å². The minimum absolute atomic E-state index is 0.210. The van der Waals surface area contributed by atoms with Crippen LogP contribution in [0, 0.1) is 0 Å². The van der Waals surface area contributed by atoms with Crippen molar-refractivity contribution in [1.29, 1.82) is 0 Å². The van der Waals surface area contributed by atoms with Crippen LogP contribution >= 0.6 is 0 Å². The van der Waals surface area contributed by atoms with Crippen molar-refractivity contribution in [3.8, 4) is 5.75 Å². The molecule has 0 amide bonds. The van der Waals surface area contributed by atoms with Crippen molar-refractivity contribution in [2.75, 3.05) is 6.61 Å². The molecule has 0 bridgehead atoms. The number of hydrogen-bond donors (Lipinski definition) is 1. The maximum absolute atomic E-state index is 11.8. The highest BCUT2D eigenvalue weighted by Crippen LogP contribution is 2.21. The number of ether oxygens (including phenoxy) is 1. The largest absolute Gasteiger partial charge is 0.508 e. The van der Waals surface area contributed by atoms with Crippen molar-refractivity contribution in [2.24, 2.45) is 0 Å². The zero-order valence-electron chi connectivity index (χ0n) is 17.5. The lowest BCUT2D eigenvalue weighted by molar-refractivity contribution is 0.0526. The van der Waals surface area contributed by atoms with Gasteiger partial charge >= 0.3 is 5.97 Å². The van der Waals surface area contributed by atoms with Crippen LogP contribution in [-0.4, -0.2) is 17.7 Å². The molecule has 0 aromatic heterocycles. The molecule has 1 aromatic rings. The molecule has 3 heteroatoms. The summed E-state index contributed by atoms with van der Waals surface area (Å²) >= 11 is 0. The van der Waals surface area contributed by atoms with Gasteiger partial charge in [0.1, 0.15) is 5.75 Å². The summed E-state index contributed by atoms with van der Waals surface area (Å²) < 4.78 is 5.02. The Labute approximate surface area is 164 Å². The van der Waals surface area contributed by atoms with Gasteiger partial charge in [-0.25, -0.2) is 4.79 Å². The predicted octanol–water partition coefficient (Wildman–Crippen LogP) is 6.53. The Morgan fingerprint density at radius 1 is 1.00 bits per heavy atom. The van der Waals surface area contributed by atoms with Gasteiger partial charge in [-0.05, 0) is 90.5 Å². The van der Waals surface area contributed by atoms with Crippen molar-refractivity contribution in [3.63, 3.8) is 0 Å². The second-order valence-electron chi connectivity index (χ2n) is 7.23. The maximum atomic E-state index is 11.8. The number of aromatic hydroxyl groups is 1. The highest BCUT2D eigenvalue weighted by Gasteiger charge is 2.09. The average Bonchev–Trinajstić information content (AvgIpc) is 2.60. The fourth-order valence-corrected chi connectivity index (χ4v) is 2.71. The normalized spacial score (nSPS) is 12.0. The van der Waals surface area contributed by atoms with Gasteiger partial charge < -0.3 is 9.84 Å². The van der Waals surface area contributed by atoms with E-state index in [0.29, 0.717) is 18.6 Å². The van der Waals surface area contributed by atoms with Crippen molar-refractivity contribution in [3.05, 3.63) is 64.3 Å². The van der Waals surface area contributed by atoms with Crippen LogP contribution in [-0.2, 0) is 11.2 Å². The van der Waals surface area contributed by atoms with E-state index in [-0.39, 0.29) is 11.7 Å². The Balaban J connectivity index is 2.57. The lowest BCUT2D eigenvalue weighted by Gasteiger charge is -2.07.